The van der Waals surface area contributed by atoms with E-state index in [0.717, 1.165) is 0 Å². The summed E-state index contributed by atoms with van der Waals surface area (Å²) in [5, 5.41) is -0.0316. The predicted octanol–water partition coefficient (Wildman–Crippen LogP) is -1.84. The van der Waals surface area contributed by atoms with E-state index in [2.05, 4.69) is 6.58 Å². The van der Waals surface area contributed by atoms with Gasteiger partial charge in [-0.1, -0.05) is 6.58 Å². The summed E-state index contributed by atoms with van der Waals surface area (Å²) in [6.07, 6.45) is 0.572. The van der Waals surface area contributed by atoms with Gasteiger partial charge in [-0.2, -0.15) is 33.7 Å². The van der Waals surface area contributed by atoms with E-state index in [1.165, 1.54) is 0 Å². The van der Waals surface area contributed by atoms with Gasteiger partial charge in [0.2, 0.25) is 0 Å². The van der Waals surface area contributed by atoms with Crippen LogP contribution in [-0.2, 0) is 40.1 Å². The third kappa shape index (κ3) is 2.20. The summed E-state index contributed by atoms with van der Waals surface area (Å²) < 4.78 is 89.5. The fourth-order valence-corrected chi connectivity index (χ4v) is 12.6. The van der Waals surface area contributed by atoms with E-state index < -0.39 is 42.2 Å². The van der Waals surface area contributed by atoms with Crippen LogP contribution in [0.4, 0.5) is 0 Å². The zero-order valence-corrected chi connectivity index (χ0v) is 12.9. The van der Waals surface area contributed by atoms with Gasteiger partial charge in [0.15, 0.2) is 0 Å². The van der Waals surface area contributed by atoms with Gasteiger partial charge in [0.25, 0.3) is 0 Å². The average Bonchev–Trinajstić information content (AvgIpc) is 1.94. The van der Waals surface area contributed by atoms with Crippen LogP contribution in [0.15, 0.2) is 12.0 Å². The maximum atomic E-state index is 11.7. The van der Waals surface area contributed by atoms with Crippen LogP contribution < -0.4 is 0 Å². The smallest absolute Gasteiger partial charge is 0.170 e. The normalized spacial score (nSPS) is 15.3. The Kier molecular flexibility index (Phi) is 4.14. The quantitative estimate of drug-likeness (QED) is 0.531. The number of hydrogen-bond donors (Lipinski definition) is 0. The van der Waals surface area contributed by atoms with Gasteiger partial charge in [-0.15, -0.1) is 0 Å². The number of nitrogens with zero attached hydrogens (tertiary/aromatic N) is 1. The Labute approximate surface area is 107 Å². The second-order valence-corrected chi connectivity index (χ2v) is 12.7. The van der Waals surface area contributed by atoms with E-state index >= 15 is 0 Å². The molecule has 0 N–H and O–H groups in total. The molecule has 0 aromatic rings. The van der Waals surface area contributed by atoms with E-state index in [1.54, 1.807) is 0 Å². The average molecular weight is 342 g/mol. The molecule has 0 aliphatic heterocycles. The van der Waals surface area contributed by atoms with Gasteiger partial charge in [-0.05, 0) is 0 Å². The van der Waals surface area contributed by atoms with Gasteiger partial charge < -0.3 is 0 Å². The first-order chi connectivity index (χ1) is 7.56. The zero-order chi connectivity index (χ0) is 15.2. The molecule has 18 heavy (non-hydrogen) atoms. The standard InChI is InChI=1S/C5H12NO8S4/c1-5-18(13,14)6(15(2,7)8,16(3,9)10)17(4,11)12/h5H,1H2,2-4H3/q+1. The molecule has 0 unspecified atom stereocenters. The van der Waals surface area contributed by atoms with Crippen molar-refractivity contribution in [3.05, 3.63) is 12.0 Å². The highest BCUT2D eigenvalue weighted by Gasteiger charge is 2.66. The summed E-state index contributed by atoms with van der Waals surface area (Å²) in [6, 6.07) is 0. The largest absolute Gasteiger partial charge is 0.363 e. The molecule has 0 fully saturated rings. The molecule has 0 rings (SSSR count). The lowest BCUT2D eigenvalue weighted by molar-refractivity contribution is -0.351. The van der Waals surface area contributed by atoms with Gasteiger partial charge in [0, 0.05) is 0 Å². The fraction of sp³-hybridized carbons (Fsp3) is 0.600. The van der Waals surface area contributed by atoms with Crippen LogP contribution in [-0.4, -0.2) is 54.5 Å². The van der Waals surface area contributed by atoms with E-state index in [1.807, 2.05) is 0 Å². The van der Waals surface area contributed by atoms with Crippen molar-refractivity contribution >= 4 is 40.1 Å². The SMILES string of the molecule is C=CS(=O)(=O)[N+](S(C)(=O)=O)(S(C)(=O)=O)S(C)(=O)=O. The fourth-order valence-electron chi connectivity index (χ4n) is 1.40. The lowest BCUT2D eigenvalue weighted by atomic mass is 11.3. The van der Waals surface area contributed by atoms with Crippen LogP contribution >= 0.6 is 0 Å². The van der Waals surface area contributed by atoms with Crippen LogP contribution in [0.2, 0.25) is 0 Å². The molecule has 0 bridgehead atoms. The molecular formula is C5H12NO8S4+. The Morgan fingerprint density at radius 3 is 1.00 bits per heavy atom. The van der Waals surface area contributed by atoms with Crippen molar-refractivity contribution in [2.45, 2.75) is 0 Å². The number of quaternary nitrogens is 1. The Bertz CT molecular complexity index is 688. The van der Waals surface area contributed by atoms with E-state index in [4.69, 9.17) is 0 Å². The Morgan fingerprint density at radius 1 is 0.722 bits per heavy atom. The van der Waals surface area contributed by atoms with Gasteiger partial charge in [-0.3, -0.25) is 0 Å². The molecule has 0 spiro atoms. The van der Waals surface area contributed by atoms with Crippen molar-refractivity contribution < 1.29 is 35.8 Å². The van der Waals surface area contributed by atoms with E-state index in [9.17, 15) is 33.7 Å². The molecule has 0 aliphatic rings. The van der Waals surface area contributed by atoms with Crippen molar-refractivity contribution in [3.63, 3.8) is 0 Å². The lowest BCUT2D eigenvalue weighted by Gasteiger charge is -2.26. The third-order valence-electron chi connectivity index (χ3n) is 1.74. The summed E-state index contributed by atoms with van der Waals surface area (Å²) in [5.41, 5.74) is 0. The monoisotopic (exact) mass is 342 g/mol. The van der Waals surface area contributed by atoms with Crippen LogP contribution in [0.25, 0.3) is 0 Å². The van der Waals surface area contributed by atoms with Crippen LogP contribution in [0, 0.1) is 0 Å². The Balaban J connectivity index is 7.53. The molecule has 0 radical (unpaired) electrons. The second-order valence-electron chi connectivity index (χ2n) is 3.33. The third-order valence-corrected chi connectivity index (χ3v) is 14.4. The first kappa shape index (κ1) is 17.5. The minimum Gasteiger partial charge on any atom is -0.170 e. The van der Waals surface area contributed by atoms with Crippen molar-refractivity contribution in [3.8, 4) is 0 Å². The van der Waals surface area contributed by atoms with Crippen LogP contribution in [0.5, 0.6) is 0 Å². The first-order valence-corrected chi connectivity index (χ1v) is 11.0. The highest BCUT2D eigenvalue weighted by molar-refractivity contribution is 8.20. The molecule has 0 aliphatic carbocycles. The van der Waals surface area contributed by atoms with E-state index in [-0.39, 0.29) is 24.2 Å². The summed E-state index contributed by atoms with van der Waals surface area (Å²) in [6.45, 7) is 2.74. The molecule has 0 saturated carbocycles. The molecule has 0 heterocycles. The molecular weight excluding hydrogens is 330 g/mol. The summed E-state index contributed by atoms with van der Waals surface area (Å²) in [4.78, 5) is 0. The molecule has 9 nitrogen and oxygen atoms in total. The topological polar surface area (TPSA) is 137 Å². The molecule has 0 atom stereocenters. The maximum Gasteiger partial charge on any atom is 0.363 e. The highest BCUT2D eigenvalue weighted by atomic mass is 32.4. The number of rotatable bonds is 5. The van der Waals surface area contributed by atoms with Gasteiger partial charge in [0.1, 0.15) is 0 Å². The maximum absolute atomic E-state index is 11.7. The van der Waals surface area contributed by atoms with Crippen molar-refractivity contribution in [2.75, 3.05) is 18.8 Å². The Hall–Kier alpha value is -0.500. The highest BCUT2D eigenvalue weighted by Crippen LogP contribution is 2.32. The minimum atomic E-state index is -5.26. The van der Waals surface area contributed by atoms with Crippen molar-refractivity contribution in [1.82, 2.24) is 0 Å². The number of hydrogen-bond acceptors (Lipinski definition) is 8. The van der Waals surface area contributed by atoms with Gasteiger partial charge >= 0.3 is 40.1 Å². The van der Waals surface area contributed by atoms with Gasteiger partial charge in [0.05, 0.1) is 26.3 Å². The molecule has 0 saturated heterocycles. The van der Waals surface area contributed by atoms with Crippen LogP contribution in [0.1, 0.15) is 0 Å². The van der Waals surface area contributed by atoms with Crippen molar-refractivity contribution in [1.29, 1.82) is 0 Å². The number of sulfonamides is 4. The molecule has 0 amide bonds. The molecule has 0 aromatic carbocycles. The summed E-state index contributed by atoms with van der Waals surface area (Å²) >= 11 is 0. The summed E-state index contributed by atoms with van der Waals surface area (Å²) in [7, 11) is -20.6. The minimum absolute atomic E-state index is 0.0316. The molecule has 13 heteroatoms. The van der Waals surface area contributed by atoms with Crippen LogP contribution in [0.3, 0.4) is 0 Å². The lowest BCUT2D eigenvalue weighted by Crippen LogP contribution is -2.61. The molecule has 108 valence electrons. The Morgan fingerprint density at radius 2 is 0.944 bits per heavy atom. The van der Waals surface area contributed by atoms with E-state index in [0.29, 0.717) is 0 Å². The first-order valence-electron chi connectivity index (χ1n) is 3.93. The predicted molar refractivity (Wildman–Crippen MR) is 63.9 cm³/mol. The summed E-state index contributed by atoms with van der Waals surface area (Å²) in [5.74, 6) is 0. The zero-order valence-electron chi connectivity index (χ0n) is 9.63. The second kappa shape index (κ2) is 4.26. The molecule has 0 aromatic heterocycles. The van der Waals surface area contributed by atoms with Crippen molar-refractivity contribution in [2.24, 2.45) is 0 Å². The van der Waals surface area contributed by atoms with Gasteiger partial charge in [-0.25, -0.2) is 0 Å².